The second-order valence-corrected chi connectivity index (χ2v) is 11.5. The zero-order valence-corrected chi connectivity index (χ0v) is 25.2. The maximum atomic E-state index is 11.4. The van der Waals surface area contributed by atoms with Crippen LogP contribution in [0.15, 0.2) is 36.5 Å². The van der Waals surface area contributed by atoms with Crippen molar-refractivity contribution in [1.82, 2.24) is 5.06 Å². The van der Waals surface area contributed by atoms with E-state index in [0.29, 0.717) is 23.0 Å². The first kappa shape index (κ1) is 34.3. The van der Waals surface area contributed by atoms with E-state index >= 15 is 0 Å². The van der Waals surface area contributed by atoms with Gasteiger partial charge in [0.25, 0.3) is 5.91 Å². The fraction of sp³-hybridized carbons (Fsp3) is 0.613. The first-order valence-corrected chi connectivity index (χ1v) is 14.1. The Hall–Kier alpha value is -3.94. The number of nitrogens with zero attached hydrogens (tertiary/aromatic N) is 2. The normalized spacial score (nSPS) is 26.1. The van der Waals surface area contributed by atoms with E-state index in [0.717, 1.165) is 38.5 Å². The van der Waals surface area contributed by atoms with Crippen molar-refractivity contribution in [3.8, 4) is 6.07 Å². The number of carbonyl (C=O) groups excluding carboxylic acids is 5. The Morgan fingerprint density at radius 3 is 2.05 bits per heavy atom. The number of hydroxylamine groups is 2. The van der Waals surface area contributed by atoms with Crippen LogP contribution in [-0.2, 0) is 43.0 Å². The third-order valence-electron chi connectivity index (χ3n) is 7.45. The maximum Gasteiger partial charge on any atom is 0.358 e. The minimum absolute atomic E-state index is 0.0313. The molecule has 0 aromatic heterocycles. The van der Waals surface area contributed by atoms with Gasteiger partial charge in [0.1, 0.15) is 6.10 Å². The molecule has 3 saturated carbocycles. The third-order valence-corrected chi connectivity index (χ3v) is 7.45. The summed E-state index contributed by atoms with van der Waals surface area (Å²) in [5, 5.41) is 10.1. The fourth-order valence-corrected chi connectivity index (χ4v) is 5.34. The van der Waals surface area contributed by atoms with E-state index in [-0.39, 0.29) is 54.1 Å². The molecule has 0 aromatic rings. The Bertz CT molecular complexity index is 1150. The zero-order chi connectivity index (χ0) is 31.7. The van der Waals surface area contributed by atoms with Crippen molar-refractivity contribution in [3.05, 3.63) is 36.5 Å². The van der Waals surface area contributed by atoms with Crippen LogP contribution in [0.2, 0.25) is 0 Å². The smallest absolute Gasteiger partial charge is 0.358 e. The van der Waals surface area contributed by atoms with Gasteiger partial charge in [-0.15, -0.1) is 0 Å². The molecule has 4 aliphatic rings. The van der Waals surface area contributed by atoms with E-state index in [1.807, 2.05) is 0 Å². The molecule has 0 aromatic carbocycles. The van der Waals surface area contributed by atoms with Gasteiger partial charge in [-0.1, -0.05) is 26.2 Å². The lowest BCUT2D eigenvalue weighted by Gasteiger charge is -2.40. The van der Waals surface area contributed by atoms with Crippen molar-refractivity contribution in [1.29, 1.82) is 5.26 Å². The van der Waals surface area contributed by atoms with Crippen LogP contribution in [-0.4, -0.2) is 59.7 Å². The number of nitriles is 1. The first-order chi connectivity index (χ1) is 19.7. The molecular weight excluding hydrogens is 544 g/mol. The summed E-state index contributed by atoms with van der Waals surface area (Å²) in [6, 6.07) is 2.46. The molecule has 1 heterocycles. The number of hydrogen-bond donors (Lipinski definition) is 0. The maximum absolute atomic E-state index is 11.4. The molecule has 2 bridgehead atoms. The number of hydrogen-bond acceptors (Lipinski definition) is 10. The number of amides is 1. The van der Waals surface area contributed by atoms with Gasteiger partial charge >= 0.3 is 23.9 Å². The average molecular weight is 587 g/mol. The molecule has 3 aliphatic carbocycles. The molecule has 230 valence electrons. The minimum atomic E-state index is -0.583. The van der Waals surface area contributed by atoms with Crippen molar-refractivity contribution >= 4 is 29.8 Å². The third kappa shape index (κ3) is 9.29. The SMILES string of the molecule is C=C(C)C(=O)OC1CC2CC1CC2C#N.C=C(C)C(=O)OCC(=O)OC(C)C.C=C(C)C(=O)ON1C(=O)C2CCCC21. The first-order valence-electron chi connectivity index (χ1n) is 14.1. The van der Waals surface area contributed by atoms with Crippen LogP contribution in [0.4, 0.5) is 0 Å². The Balaban J connectivity index is 0.000000221. The molecule has 1 saturated heterocycles. The molecule has 0 radical (unpaired) electrons. The van der Waals surface area contributed by atoms with Gasteiger partial charge < -0.3 is 19.0 Å². The summed E-state index contributed by atoms with van der Waals surface area (Å²) in [5.74, 6) is -0.842. The second kappa shape index (κ2) is 15.3. The lowest BCUT2D eigenvalue weighted by atomic mass is 9.88. The van der Waals surface area contributed by atoms with Crippen LogP contribution in [0.1, 0.15) is 73.1 Å². The Morgan fingerprint density at radius 1 is 0.929 bits per heavy atom. The molecule has 1 aliphatic heterocycles. The van der Waals surface area contributed by atoms with Crippen molar-refractivity contribution in [3.63, 3.8) is 0 Å². The molecular formula is C31H42N2O9. The van der Waals surface area contributed by atoms with Gasteiger partial charge in [-0.3, -0.25) is 4.79 Å². The summed E-state index contributed by atoms with van der Waals surface area (Å²) < 4.78 is 14.6. The average Bonchev–Trinajstić information content (AvgIpc) is 3.64. The van der Waals surface area contributed by atoms with Gasteiger partial charge in [0.05, 0.1) is 24.1 Å². The summed E-state index contributed by atoms with van der Waals surface area (Å²) in [7, 11) is 0. The molecule has 6 unspecified atom stereocenters. The molecule has 11 nitrogen and oxygen atoms in total. The number of carbonyl (C=O) groups is 5. The van der Waals surface area contributed by atoms with Crippen molar-refractivity contribution in [2.24, 2.45) is 23.7 Å². The van der Waals surface area contributed by atoms with E-state index < -0.39 is 17.9 Å². The number of fused-ring (bicyclic) bond motifs is 3. The van der Waals surface area contributed by atoms with Crippen LogP contribution >= 0.6 is 0 Å². The predicted octanol–water partition coefficient (Wildman–Crippen LogP) is 4.13. The highest BCUT2D eigenvalue weighted by molar-refractivity contribution is 5.91. The number of rotatable bonds is 8. The minimum Gasteiger partial charge on any atom is -0.460 e. The van der Waals surface area contributed by atoms with Crippen molar-refractivity contribution in [2.75, 3.05) is 6.61 Å². The summed E-state index contributed by atoms with van der Waals surface area (Å²) in [6.07, 6.45) is 5.57. The zero-order valence-electron chi connectivity index (χ0n) is 25.2. The molecule has 4 fully saturated rings. The van der Waals surface area contributed by atoms with Crippen LogP contribution < -0.4 is 0 Å². The number of β-lactam (4-membered cyclic amide) rings is 1. The summed E-state index contributed by atoms with van der Waals surface area (Å²) in [6.45, 7) is 18.2. The van der Waals surface area contributed by atoms with Gasteiger partial charge in [-0.05, 0) is 78.6 Å². The summed E-state index contributed by atoms with van der Waals surface area (Å²) in [5.41, 5.74) is 1.03. The van der Waals surface area contributed by atoms with Gasteiger partial charge in [0.2, 0.25) is 0 Å². The second-order valence-electron chi connectivity index (χ2n) is 11.5. The largest absolute Gasteiger partial charge is 0.460 e. The Morgan fingerprint density at radius 2 is 1.55 bits per heavy atom. The van der Waals surface area contributed by atoms with Gasteiger partial charge in [0, 0.05) is 22.6 Å². The Kier molecular flexibility index (Phi) is 12.5. The quantitative estimate of drug-likeness (QED) is 0.176. The van der Waals surface area contributed by atoms with Crippen LogP contribution in [0.5, 0.6) is 0 Å². The van der Waals surface area contributed by atoms with E-state index in [9.17, 15) is 24.0 Å². The van der Waals surface area contributed by atoms with E-state index in [2.05, 4.69) is 30.5 Å². The standard InChI is InChI=1S/C12H15NO2.C10H13NO3.C9H14O4/c1-7(2)12(14)15-11-5-8-3-9(11)4-10(8)6-13;1-6(2)10(13)14-11-8-5-3-4-7(8)9(11)12;1-6(2)9(11)12-5-8(10)13-7(3)4/h8-11H,1,3-5H2,2H3;7-8H,1,3-5H2,2H3;7H,1,5H2,2-4H3. The molecule has 0 spiro atoms. The molecule has 6 atom stereocenters. The van der Waals surface area contributed by atoms with Crippen LogP contribution in [0, 0.1) is 35.0 Å². The van der Waals surface area contributed by atoms with Crippen LogP contribution in [0.25, 0.3) is 0 Å². The topological polar surface area (TPSA) is 149 Å². The molecule has 11 heteroatoms. The highest BCUT2D eigenvalue weighted by Gasteiger charge is 2.52. The highest BCUT2D eigenvalue weighted by Crippen LogP contribution is 2.49. The van der Waals surface area contributed by atoms with E-state index in [1.54, 1.807) is 27.7 Å². The fourth-order valence-electron chi connectivity index (χ4n) is 5.34. The van der Waals surface area contributed by atoms with Gasteiger partial charge in [-0.25, -0.2) is 19.2 Å². The molecule has 42 heavy (non-hydrogen) atoms. The summed E-state index contributed by atoms with van der Waals surface area (Å²) >= 11 is 0. The summed E-state index contributed by atoms with van der Waals surface area (Å²) in [4.78, 5) is 60.5. The molecule has 0 N–H and O–H groups in total. The molecule has 1 amide bonds. The Labute approximate surface area is 247 Å². The molecule has 4 rings (SSSR count). The van der Waals surface area contributed by atoms with Gasteiger partial charge in [-0.2, -0.15) is 10.3 Å². The van der Waals surface area contributed by atoms with Crippen LogP contribution in [0.3, 0.4) is 0 Å². The lowest BCUT2D eigenvalue weighted by Crippen LogP contribution is -2.58. The van der Waals surface area contributed by atoms with Crippen molar-refractivity contribution < 1.29 is 43.0 Å². The monoisotopic (exact) mass is 586 g/mol. The van der Waals surface area contributed by atoms with Gasteiger partial charge in [0.15, 0.2) is 6.61 Å². The highest BCUT2D eigenvalue weighted by atomic mass is 16.7. The van der Waals surface area contributed by atoms with E-state index in [4.69, 9.17) is 19.6 Å². The number of esters is 3. The lowest BCUT2D eigenvalue weighted by molar-refractivity contribution is -0.232. The predicted molar refractivity (Wildman–Crippen MR) is 151 cm³/mol. The number of ether oxygens (including phenoxy) is 3. The van der Waals surface area contributed by atoms with E-state index in [1.165, 1.54) is 12.0 Å². The van der Waals surface area contributed by atoms with Crippen molar-refractivity contribution in [2.45, 2.75) is 91.4 Å².